The largest absolute Gasteiger partial charge is 0.453 e. The highest BCUT2D eigenvalue weighted by atomic mass is 16.5. The van der Waals surface area contributed by atoms with Crippen LogP contribution in [0.25, 0.3) is 0 Å². The van der Waals surface area contributed by atoms with Gasteiger partial charge in [-0.3, -0.25) is 0 Å². The highest BCUT2D eigenvalue weighted by molar-refractivity contribution is 5.66. The lowest BCUT2D eigenvalue weighted by atomic mass is 9.94. The molecule has 0 radical (unpaired) electrons. The predicted molar refractivity (Wildman–Crippen MR) is 59.9 cm³/mol. The van der Waals surface area contributed by atoms with Gasteiger partial charge in [-0.05, 0) is 44.7 Å². The van der Waals surface area contributed by atoms with Crippen LogP contribution in [0.5, 0.6) is 0 Å². The summed E-state index contributed by atoms with van der Waals surface area (Å²) in [7, 11) is 1.39. The monoisotopic (exact) mass is 214 g/mol. The van der Waals surface area contributed by atoms with E-state index in [9.17, 15) is 4.79 Å². The number of hydrogen-bond acceptors (Lipinski definition) is 3. The molecule has 1 aliphatic rings. The molecule has 0 bridgehead atoms. The Morgan fingerprint density at radius 1 is 1.53 bits per heavy atom. The van der Waals surface area contributed by atoms with Crippen molar-refractivity contribution in [2.24, 2.45) is 5.92 Å². The second-order valence-electron chi connectivity index (χ2n) is 4.13. The first-order chi connectivity index (χ1) is 7.33. The van der Waals surface area contributed by atoms with E-state index in [1.165, 1.54) is 45.9 Å². The summed E-state index contributed by atoms with van der Waals surface area (Å²) in [5.74, 6) is 0.844. The van der Waals surface area contributed by atoms with Gasteiger partial charge in [-0.2, -0.15) is 0 Å². The number of hydrogen-bond donors (Lipinski definition) is 2. The molecule has 15 heavy (non-hydrogen) atoms. The Hall–Kier alpha value is -0.770. The van der Waals surface area contributed by atoms with Gasteiger partial charge in [-0.25, -0.2) is 4.79 Å². The van der Waals surface area contributed by atoms with E-state index in [2.05, 4.69) is 15.4 Å². The zero-order chi connectivity index (χ0) is 10.9. The predicted octanol–water partition coefficient (Wildman–Crippen LogP) is 1.51. The molecule has 1 aliphatic heterocycles. The number of methoxy groups -OCH3 is 1. The van der Waals surface area contributed by atoms with Gasteiger partial charge < -0.3 is 15.4 Å². The molecule has 0 saturated carbocycles. The van der Waals surface area contributed by atoms with E-state index < -0.39 is 0 Å². The van der Waals surface area contributed by atoms with Crippen molar-refractivity contribution in [2.45, 2.75) is 32.1 Å². The van der Waals surface area contributed by atoms with Crippen molar-refractivity contribution < 1.29 is 9.53 Å². The highest BCUT2D eigenvalue weighted by Gasteiger charge is 2.11. The number of nitrogens with one attached hydrogen (secondary N) is 2. The standard InChI is InChI=1S/C11H22N2O2/c1-15-11(14)13-8-3-2-5-10-6-4-7-12-9-10/h10,12H,2-9H2,1H3,(H,13,14)/t10-/m1/s1. The average Bonchev–Trinajstić information content (AvgIpc) is 2.29. The molecule has 1 saturated heterocycles. The third kappa shape index (κ3) is 5.62. The van der Waals surface area contributed by atoms with E-state index >= 15 is 0 Å². The van der Waals surface area contributed by atoms with Gasteiger partial charge in [0, 0.05) is 6.54 Å². The number of rotatable bonds is 5. The third-order valence-electron chi connectivity index (χ3n) is 2.89. The molecule has 0 unspecified atom stereocenters. The number of amides is 1. The molecule has 4 heteroatoms. The van der Waals surface area contributed by atoms with Crippen molar-refractivity contribution in [1.29, 1.82) is 0 Å². The molecule has 4 nitrogen and oxygen atoms in total. The molecule has 1 amide bonds. The third-order valence-corrected chi connectivity index (χ3v) is 2.89. The van der Waals surface area contributed by atoms with Gasteiger partial charge in [-0.15, -0.1) is 0 Å². The van der Waals surface area contributed by atoms with Crippen molar-refractivity contribution in [3.8, 4) is 0 Å². The van der Waals surface area contributed by atoms with Crippen molar-refractivity contribution in [3.05, 3.63) is 0 Å². The quantitative estimate of drug-likeness (QED) is 0.682. The Balaban J connectivity index is 1.89. The van der Waals surface area contributed by atoms with Crippen LogP contribution in [0.3, 0.4) is 0 Å². The van der Waals surface area contributed by atoms with Crippen LogP contribution in [-0.4, -0.2) is 32.8 Å². The molecule has 1 atom stereocenters. The molecule has 1 fully saturated rings. The van der Waals surface area contributed by atoms with E-state index in [1.54, 1.807) is 0 Å². The maximum absolute atomic E-state index is 10.7. The molecule has 0 aromatic carbocycles. The molecule has 0 spiro atoms. The Kier molecular flexibility index (Phi) is 6.16. The fraction of sp³-hybridized carbons (Fsp3) is 0.909. The van der Waals surface area contributed by atoms with Crippen LogP contribution in [0.15, 0.2) is 0 Å². The van der Waals surface area contributed by atoms with E-state index in [4.69, 9.17) is 0 Å². The minimum absolute atomic E-state index is 0.325. The summed E-state index contributed by atoms with van der Waals surface area (Å²) in [4.78, 5) is 10.7. The summed E-state index contributed by atoms with van der Waals surface area (Å²) >= 11 is 0. The van der Waals surface area contributed by atoms with Crippen LogP contribution in [0.1, 0.15) is 32.1 Å². The normalized spacial score (nSPS) is 21.0. The fourth-order valence-electron chi connectivity index (χ4n) is 1.99. The Morgan fingerprint density at radius 3 is 3.07 bits per heavy atom. The van der Waals surface area contributed by atoms with Crippen molar-refractivity contribution in [3.63, 3.8) is 0 Å². The first kappa shape index (κ1) is 12.3. The van der Waals surface area contributed by atoms with Crippen LogP contribution in [0, 0.1) is 5.92 Å². The number of carbonyl (C=O) groups is 1. The molecule has 1 rings (SSSR count). The zero-order valence-electron chi connectivity index (χ0n) is 9.55. The van der Waals surface area contributed by atoms with Gasteiger partial charge in [0.1, 0.15) is 0 Å². The average molecular weight is 214 g/mol. The minimum Gasteiger partial charge on any atom is -0.453 e. The molecule has 0 aromatic rings. The lowest BCUT2D eigenvalue weighted by molar-refractivity contribution is 0.170. The minimum atomic E-state index is -0.325. The zero-order valence-corrected chi connectivity index (χ0v) is 9.55. The number of alkyl carbamates (subject to hydrolysis) is 1. The number of ether oxygens (including phenoxy) is 1. The molecule has 2 N–H and O–H groups in total. The lowest BCUT2D eigenvalue weighted by Crippen LogP contribution is -2.30. The summed E-state index contributed by atoms with van der Waals surface area (Å²) < 4.78 is 4.49. The van der Waals surface area contributed by atoms with Gasteiger partial charge in [0.25, 0.3) is 0 Å². The van der Waals surface area contributed by atoms with Gasteiger partial charge in [-0.1, -0.05) is 6.42 Å². The van der Waals surface area contributed by atoms with E-state index in [1.807, 2.05) is 0 Å². The van der Waals surface area contributed by atoms with Crippen LogP contribution < -0.4 is 10.6 Å². The van der Waals surface area contributed by atoms with Crippen LogP contribution in [0.2, 0.25) is 0 Å². The lowest BCUT2D eigenvalue weighted by Gasteiger charge is -2.22. The summed E-state index contributed by atoms with van der Waals surface area (Å²) in [5.41, 5.74) is 0. The number of carbonyl (C=O) groups excluding carboxylic acids is 1. The Bertz CT molecular complexity index is 179. The van der Waals surface area contributed by atoms with Gasteiger partial charge in [0.05, 0.1) is 7.11 Å². The van der Waals surface area contributed by atoms with Crippen LogP contribution in [-0.2, 0) is 4.74 Å². The molecule has 1 heterocycles. The van der Waals surface area contributed by atoms with Crippen molar-refractivity contribution in [1.82, 2.24) is 10.6 Å². The highest BCUT2D eigenvalue weighted by Crippen LogP contribution is 2.16. The summed E-state index contributed by atoms with van der Waals surface area (Å²) in [6.45, 7) is 3.08. The first-order valence-corrected chi connectivity index (χ1v) is 5.85. The van der Waals surface area contributed by atoms with E-state index in [0.29, 0.717) is 0 Å². The number of unbranched alkanes of at least 4 members (excludes halogenated alkanes) is 1. The van der Waals surface area contributed by atoms with E-state index in [0.717, 1.165) is 18.9 Å². The number of piperidine rings is 1. The summed E-state index contributed by atoms with van der Waals surface area (Å²) in [6.07, 6.45) is 5.86. The Labute approximate surface area is 91.8 Å². The molecule has 0 aliphatic carbocycles. The van der Waals surface area contributed by atoms with Gasteiger partial charge in [0.15, 0.2) is 0 Å². The summed E-state index contributed by atoms with van der Waals surface area (Å²) in [6, 6.07) is 0. The van der Waals surface area contributed by atoms with Gasteiger partial charge >= 0.3 is 6.09 Å². The van der Waals surface area contributed by atoms with Gasteiger partial charge in [0.2, 0.25) is 0 Å². The second kappa shape index (κ2) is 7.51. The van der Waals surface area contributed by atoms with Crippen LogP contribution in [0.4, 0.5) is 4.79 Å². The topological polar surface area (TPSA) is 50.4 Å². The smallest absolute Gasteiger partial charge is 0.406 e. The molecular weight excluding hydrogens is 192 g/mol. The maximum atomic E-state index is 10.7. The van der Waals surface area contributed by atoms with E-state index in [-0.39, 0.29) is 6.09 Å². The first-order valence-electron chi connectivity index (χ1n) is 5.85. The SMILES string of the molecule is COC(=O)NCCCC[C@@H]1CCCNC1. The Morgan fingerprint density at radius 2 is 2.40 bits per heavy atom. The van der Waals surface area contributed by atoms with Crippen molar-refractivity contribution in [2.75, 3.05) is 26.7 Å². The summed E-state index contributed by atoms with van der Waals surface area (Å²) in [5, 5.41) is 6.11. The van der Waals surface area contributed by atoms with Crippen molar-refractivity contribution >= 4 is 6.09 Å². The second-order valence-corrected chi connectivity index (χ2v) is 4.13. The van der Waals surface area contributed by atoms with Crippen LogP contribution >= 0.6 is 0 Å². The molecule has 0 aromatic heterocycles. The fourth-order valence-corrected chi connectivity index (χ4v) is 1.99. The maximum Gasteiger partial charge on any atom is 0.406 e. The molecular formula is C11H22N2O2. The molecule has 88 valence electrons.